The number of rotatable bonds is 8. The van der Waals surface area contributed by atoms with E-state index in [0.29, 0.717) is 23.6 Å². The van der Waals surface area contributed by atoms with Gasteiger partial charge in [0.05, 0.1) is 12.2 Å². The molecular formula is C21H20ClFN4O4. The average molecular weight is 447 g/mol. The van der Waals surface area contributed by atoms with E-state index in [2.05, 4.69) is 10.4 Å². The molecule has 0 fully saturated rings. The first-order chi connectivity index (χ1) is 14.9. The van der Waals surface area contributed by atoms with E-state index < -0.39 is 28.7 Å². The van der Waals surface area contributed by atoms with Crippen LogP contribution in [0, 0.1) is 5.82 Å². The molecule has 0 saturated carbocycles. The number of aromatic nitrogens is 3. The summed E-state index contributed by atoms with van der Waals surface area (Å²) in [6.45, 7) is 0.538. The van der Waals surface area contributed by atoms with Crippen molar-refractivity contribution >= 4 is 17.5 Å². The summed E-state index contributed by atoms with van der Waals surface area (Å²) in [6.07, 6.45) is 0.530. The minimum Gasteiger partial charge on any atom is -0.385 e. The van der Waals surface area contributed by atoms with E-state index in [4.69, 9.17) is 16.3 Å². The number of hydrogen-bond donors (Lipinski definition) is 1. The molecule has 162 valence electrons. The summed E-state index contributed by atoms with van der Waals surface area (Å²) in [6, 6.07) is 11.8. The SMILES string of the molecule is COCCCNC(=O)c1nn(-c2cccc(F)c2)c(=O)n(Cc2cccc(Cl)c2)c1=O. The highest BCUT2D eigenvalue weighted by Crippen LogP contribution is 2.11. The van der Waals surface area contributed by atoms with E-state index >= 15 is 0 Å². The van der Waals surface area contributed by atoms with Crippen molar-refractivity contribution < 1.29 is 13.9 Å². The molecule has 1 aromatic heterocycles. The topological polar surface area (TPSA) is 95.2 Å². The minimum atomic E-state index is -0.859. The number of hydrogen-bond acceptors (Lipinski definition) is 5. The highest BCUT2D eigenvalue weighted by molar-refractivity contribution is 6.30. The van der Waals surface area contributed by atoms with E-state index in [1.165, 1.54) is 25.3 Å². The van der Waals surface area contributed by atoms with Crippen LogP contribution in [0.25, 0.3) is 5.69 Å². The molecule has 0 unspecified atom stereocenters. The van der Waals surface area contributed by atoms with E-state index in [1.54, 1.807) is 24.3 Å². The zero-order chi connectivity index (χ0) is 22.4. The predicted octanol–water partition coefficient (Wildman–Crippen LogP) is 2.00. The Bertz CT molecular complexity index is 1210. The van der Waals surface area contributed by atoms with Crippen molar-refractivity contribution in [2.75, 3.05) is 20.3 Å². The van der Waals surface area contributed by atoms with Gasteiger partial charge >= 0.3 is 5.69 Å². The molecule has 0 aliphatic carbocycles. The van der Waals surface area contributed by atoms with Gasteiger partial charge < -0.3 is 10.1 Å². The van der Waals surface area contributed by atoms with Crippen molar-refractivity contribution in [2.45, 2.75) is 13.0 Å². The van der Waals surface area contributed by atoms with E-state index in [1.807, 2.05) is 0 Å². The van der Waals surface area contributed by atoms with Crippen LogP contribution in [0.4, 0.5) is 4.39 Å². The largest absolute Gasteiger partial charge is 0.385 e. The maximum atomic E-state index is 13.7. The number of carbonyl (C=O) groups excluding carboxylic acids is 1. The molecule has 0 spiro atoms. The Morgan fingerprint density at radius 2 is 1.97 bits per heavy atom. The van der Waals surface area contributed by atoms with Crippen LogP contribution in [-0.4, -0.2) is 40.5 Å². The van der Waals surface area contributed by atoms with Gasteiger partial charge in [0.1, 0.15) is 5.82 Å². The van der Waals surface area contributed by atoms with Crippen LogP contribution in [0.5, 0.6) is 0 Å². The Balaban J connectivity index is 2.10. The van der Waals surface area contributed by atoms with Crippen molar-refractivity contribution in [3.63, 3.8) is 0 Å². The Hall–Kier alpha value is -3.30. The molecule has 3 rings (SSSR count). The summed E-state index contributed by atoms with van der Waals surface area (Å²) in [4.78, 5) is 38.6. The molecule has 2 aromatic carbocycles. The number of ether oxygens (including phenoxy) is 1. The molecule has 1 heterocycles. The lowest BCUT2D eigenvalue weighted by molar-refractivity contribution is 0.0938. The van der Waals surface area contributed by atoms with Gasteiger partial charge in [-0.25, -0.2) is 9.18 Å². The first-order valence-electron chi connectivity index (χ1n) is 9.42. The van der Waals surface area contributed by atoms with Gasteiger partial charge in [-0.1, -0.05) is 29.8 Å². The molecule has 10 heteroatoms. The number of amides is 1. The van der Waals surface area contributed by atoms with Crippen LogP contribution in [0.2, 0.25) is 5.02 Å². The van der Waals surface area contributed by atoms with Gasteiger partial charge in [0.15, 0.2) is 0 Å². The maximum absolute atomic E-state index is 13.7. The maximum Gasteiger partial charge on any atom is 0.352 e. The summed E-state index contributed by atoms with van der Waals surface area (Å²) in [5.41, 5.74) is -1.50. The lowest BCUT2D eigenvalue weighted by Crippen LogP contribution is -2.46. The summed E-state index contributed by atoms with van der Waals surface area (Å²) in [5, 5.41) is 6.95. The minimum absolute atomic E-state index is 0.0817. The molecule has 1 amide bonds. The molecule has 0 aliphatic rings. The number of nitrogens with zero attached hydrogens (tertiary/aromatic N) is 3. The number of halogens is 2. The van der Waals surface area contributed by atoms with Crippen LogP contribution in [0.1, 0.15) is 22.5 Å². The lowest BCUT2D eigenvalue weighted by atomic mass is 10.2. The molecule has 0 saturated heterocycles. The van der Waals surface area contributed by atoms with Crippen LogP contribution in [0.3, 0.4) is 0 Å². The first-order valence-corrected chi connectivity index (χ1v) is 9.80. The number of methoxy groups -OCH3 is 1. The Labute approximate surface area is 181 Å². The van der Waals surface area contributed by atoms with Crippen molar-refractivity contribution in [1.82, 2.24) is 19.7 Å². The molecule has 8 nitrogen and oxygen atoms in total. The summed E-state index contributed by atoms with van der Waals surface area (Å²) < 4.78 is 20.4. The monoisotopic (exact) mass is 446 g/mol. The molecular weight excluding hydrogens is 427 g/mol. The second-order valence-electron chi connectivity index (χ2n) is 6.65. The molecule has 3 aromatic rings. The third kappa shape index (κ3) is 5.44. The molecule has 0 radical (unpaired) electrons. The van der Waals surface area contributed by atoms with Gasteiger partial charge in [0.2, 0.25) is 5.69 Å². The third-order valence-corrected chi connectivity index (χ3v) is 4.60. The zero-order valence-electron chi connectivity index (χ0n) is 16.7. The van der Waals surface area contributed by atoms with Gasteiger partial charge in [0.25, 0.3) is 11.5 Å². The third-order valence-electron chi connectivity index (χ3n) is 4.37. The Morgan fingerprint density at radius 3 is 2.68 bits per heavy atom. The standard InChI is InChI=1S/C21H20ClFN4O4/c1-31-10-4-9-24-19(28)18-20(29)26(13-14-5-2-6-15(22)11-14)21(30)27(25-18)17-8-3-7-16(23)12-17/h2-3,5-8,11-12H,4,9-10,13H2,1H3,(H,24,28). The normalized spacial score (nSPS) is 10.8. The van der Waals surface area contributed by atoms with Gasteiger partial charge in [0, 0.05) is 25.3 Å². The van der Waals surface area contributed by atoms with Crippen LogP contribution >= 0.6 is 11.6 Å². The smallest absolute Gasteiger partial charge is 0.352 e. The first kappa shape index (κ1) is 22.4. The molecule has 0 atom stereocenters. The summed E-state index contributed by atoms with van der Waals surface area (Å²) in [5.74, 6) is -1.34. The number of nitrogens with one attached hydrogen (secondary N) is 1. The fourth-order valence-corrected chi connectivity index (χ4v) is 3.11. The van der Waals surface area contributed by atoms with E-state index in [-0.39, 0.29) is 18.8 Å². The van der Waals surface area contributed by atoms with E-state index in [9.17, 15) is 18.8 Å². The van der Waals surface area contributed by atoms with Gasteiger partial charge in [-0.2, -0.15) is 9.78 Å². The highest BCUT2D eigenvalue weighted by atomic mass is 35.5. The van der Waals surface area contributed by atoms with Gasteiger partial charge in [-0.05, 0) is 42.3 Å². The average Bonchev–Trinajstić information content (AvgIpc) is 2.74. The Kier molecular flexibility index (Phi) is 7.32. The second-order valence-corrected chi connectivity index (χ2v) is 7.08. The Morgan fingerprint density at radius 1 is 1.19 bits per heavy atom. The number of carbonyl (C=O) groups is 1. The van der Waals surface area contributed by atoms with E-state index in [0.717, 1.165) is 15.3 Å². The molecule has 0 bridgehead atoms. The lowest BCUT2D eigenvalue weighted by Gasteiger charge is -2.12. The predicted molar refractivity (Wildman–Crippen MR) is 113 cm³/mol. The van der Waals surface area contributed by atoms with Crippen molar-refractivity contribution in [1.29, 1.82) is 0 Å². The quantitative estimate of drug-likeness (QED) is 0.534. The van der Waals surface area contributed by atoms with Gasteiger partial charge in [-0.3, -0.25) is 14.2 Å². The number of benzene rings is 2. The second kappa shape index (κ2) is 10.1. The van der Waals surface area contributed by atoms with Crippen LogP contribution in [-0.2, 0) is 11.3 Å². The van der Waals surface area contributed by atoms with Crippen molar-refractivity contribution in [3.8, 4) is 5.69 Å². The summed E-state index contributed by atoms with van der Waals surface area (Å²) in [7, 11) is 1.53. The molecule has 0 aliphatic heterocycles. The van der Waals surface area contributed by atoms with Crippen molar-refractivity contribution in [2.24, 2.45) is 0 Å². The molecule has 31 heavy (non-hydrogen) atoms. The summed E-state index contributed by atoms with van der Waals surface area (Å²) >= 11 is 6.00. The highest BCUT2D eigenvalue weighted by Gasteiger charge is 2.20. The van der Waals surface area contributed by atoms with Gasteiger partial charge in [-0.15, -0.1) is 0 Å². The van der Waals surface area contributed by atoms with Crippen LogP contribution < -0.4 is 16.6 Å². The molecule has 1 N–H and O–H groups in total. The van der Waals surface area contributed by atoms with Crippen LogP contribution in [0.15, 0.2) is 58.1 Å². The van der Waals surface area contributed by atoms with Crippen molar-refractivity contribution in [3.05, 3.63) is 91.5 Å². The zero-order valence-corrected chi connectivity index (χ0v) is 17.4. The fraction of sp³-hybridized carbons (Fsp3) is 0.238. The fourth-order valence-electron chi connectivity index (χ4n) is 2.89.